The Kier molecular flexibility index (Phi) is 4.69. The van der Waals surface area contributed by atoms with Gasteiger partial charge in [-0.2, -0.15) is 0 Å². The number of rotatable bonds is 3. The molecule has 1 aromatic rings. The summed E-state index contributed by atoms with van der Waals surface area (Å²) in [5.74, 6) is 0.234. The molecule has 3 unspecified atom stereocenters. The van der Waals surface area contributed by atoms with Crippen molar-refractivity contribution < 1.29 is 4.39 Å². The summed E-state index contributed by atoms with van der Waals surface area (Å²) in [6.07, 6.45) is 1.02. The summed E-state index contributed by atoms with van der Waals surface area (Å²) in [5, 5.41) is 4.01. The molecule has 0 spiro atoms. The number of halogens is 2. The van der Waals surface area contributed by atoms with Crippen molar-refractivity contribution in [2.75, 3.05) is 18.0 Å². The maximum atomic E-state index is 14.0. The molecular weight excluding hydrogens is 263 g/mol. The first kappa shape index (κ1) is 14.6. The van der Waals surface area contributed by atoms with Gasteiger partial charge in [0.2, 0.25) is 0 Å². The van der Waals surface area contributed by atoms with Crippen LogP contribution in [0.15, 0.2) is 18.2 Å². The van der Waals surface area contributed by atoms with Gasteiger partial charge in [0, 0.05) is 18.6 Å². The molecule has 0 bridgehead atoms. The molecule has 4 heteroatoms. The van der Waals surface area contributed by atoms with E-state index in [1.165, 1.54) is 6.07 Å². The van der Waals surface area contributed by atoms with E-state index in [4.69, 9.17) is 11.6 Å². The Balaban J connectivity index is 2.23. The highest BCUT2D eigenvalue weighted by molar-refractivity contribution is 6.33. The second kappa shape index (κ2) is 6.10. The van der Waals surface area contributed by atoms with Gasteiger partial charge in [0.15, 0.2) is 0 Å². The lowest BCUT2D eigenvalue weighted by Crippen LogP contribution is -2.53. The normalized spacial score (nSPS) is 27.6. The van der Waals surface area contributed by atoms with Crippen LogP contribution in [-0.2, 0) is 0 Å². The second-order valence-corrected chi connectivity index (χ2v) is 5.72. The van der Waals surface area contributed by atoms with Crippen LogP contribution >= 0.6 is 11.6 Å². The Morgan fingerprint density at radius 2 is 2.16 bits per heavy atom. The van der Waals surface area contributed by atoms with Crippen LogP contribution < -0.4 is 10.2 Å². The summed E-state index contributed by atoms with van der Waals surface area (Å²) in [6.45, 7) is 8.30. The van der Waals surface area contributed by atoms with Crippen molar-refractivity contribution in [3.8, 4) is 0 Å². The highest BCUT2D eigenvalue weighted by atomic mass is 35.5. The smallest absolute Gasteiger partial charge is 0.148 e. The number of nitrogens with one attached hydrogen (secondary N) is 1. The van der Waals surface area contributed by atoms with E-state index in [0.717, 1.165) is 19.5 Å². The third kappa shape index (κ3) is 2.87. The van der Waals surface area contributed by atoms with Crippen molar-refractivity contribution >= 4 is 17.3 Å². The lowest BCUT2D eigenvalue weighted by Gasteiger charge is -2.44. The van der Waals surface area contributed by atoms with E-state index >= 15 is 0 Å². The molecule has 1 N–H and O–H groups in total. The van der Waals surface area contributed by atoms with Gasteiger partial charge in [0.1, 0.15) is 5.82 Å². The Morgan fingerprint density at radius 1 is 1.42 bits per heavy atom. The van der Waals surface area contributed by atoms with Gasteiger partial charge in [-0.3, -0.25) is 0 Å². The van der Waals surface area contributed by atoms with Gasteiger partial charge in [-0.15, -0.1) is 0 Å². The van der Waals surface area contributed by atoms with Crippen molar-refractivity contribution in [2.24, 2.45) is 5.92 Å². The Morgan fingerprint density at radius 3 is 2.79 bits per heavy atom. The van der Waals surface area contributed by atoms with Crippen LogP contribution in [-0.4, -0.2) is 25.2 Å². The monoisotopic (exact) mass is 284 g/mol. The lowest BCUT2D eigenvalue weighted by atomic mass is 9.86. The topological polar surface area (TPSA) is 15.3 Å². The fourth-order valence-corrected chi connectivity index (χ4v) is 3.27. The molecule has 0 amide bonds. The zero-order valence-electron chi connectivity index (χ0n) is 11.8. The molecule has 1 heterocycles. The molecular formula is C15H22ClFN2. The lowest BCUT2D eigenvalue weighted by molar-refractivity contribution is 0.273. The van der Waals surface area contributed by atoms with Gasteiger partial charge in [0.25, 0.3) is 0 Å². The number of para-hydroxylation sites is 1. The van der Waals surface area contributed by atoms with Gasteiger partial charge in [0.05, 0.1) is 10.7 Å². The van der Waals surface area contributed by atoms with Crippen LogP contribution in [0.25, 0.3) is 0 Å². The largest absolute Gasteiger partial charge is 0.365 e. The molecule has 0 aliphatic carbocycles. The zero-order valence-corrected chi connectivity index (χ0v) is 12.5. The average molecular weight is 285 g/mol. The molecule has 19 heavy (non-hydrogen) atoms. The Bertz CT molecular complexity index is 418. The SMILES string of the molecule is CCNC1CCN(c2c(F)cccc2Cl)C(C)C1C. The highest BCUT2D eigenvalue weighted by Gasteiger charge is 2.33. The van der Waals surface area contributed by atoms with Crippen molar-refractivity contribution in [3.63, 3.8) is 0 Å². The van der Waals surface area contributed by atoms with Crippen LogP contribution in [0, 0.1) is 11.7 Å². The van der Waals surface area contributed by atoms with Crippen LogP contribution in [0.3, 0.4) is 0 Å². The van der Waals surface area contributed by atoms with Crippen molar-refractivity contribution in [1.29, 1.82) is 0 Å². The predicted octanol–water partition coefficient (Wildman–Crippen LogP) is 3.69. The molecule has 2 nitrogen and oxygen atoms in total. The standard InChI is InChI=1S/C15H22ClFN2/c1-4-18-14-8-9-19(11(3)10(14)2)15-12(16)6-5-7-13(15)17/h5-7,10-11,14,18H,4,8-9H2,1-3H3. The minimum Gasteiger partial charge on any atom is -0.365 e. The molecule has 0 aromatic heterocycles. The first-order chi connectivity index (χ1) is 9.06. The van der Waals surface area contributed by atoms with Crippen molar-refractivity contribution in [3.05, 3.63) is 29.0 Å². The van der Waals surface area contributed by atoms with E-state index in [0.29, 0.717) is 22.7 Å². The molecule has 1 aliphatic heterocycles. The summed E-state index contributed by atoms with van der Waals surface area (Å²) in [7, 11) is 0. The Labute approximate surface area is 119 Å². The zero-order chi connectivity index (χ0) is 14.0. The van der Waals surface area contributed by atoms with E-state index in [9.17, 15) is 4.39 Å². The van der Waals surface area contributed by atoms with E-state index in [2.05, 4.69) is 31.0 Å². The Hall–Kier alpha value is -0.800. The number of anilines is 1. The van der Waals surface area contributed by atoms with E-state index in [1.54, 1.807) is 12.1 Å². The molecule has 0 saturated carbocycles. The van der Waals surface area contributed by atoms with Crippen molar-refractivity contribution in [2.45, 2.75) is 39.3 Å². The third-order valence-corrected chi connectivity index (χ3v) is 4.56. The number of nitrogens with zero attached hydrogens (tertiary/aromatic N) is 1. The summed E-state index contributed by atoms with van der Waals surface area (Å²) >= 11 is 6.18. The number of hydrogen-bond donors (Lipinski definition) is 1. The van der Waals surface area contributed by atoms with E-state index < -0.39 is 0 Å². The quantitative estimate of drug-likeness (QED) is 0.911. The number of piperidine rings is 1. The average Bonchev–Trinajstić information content (AvgIpc) is 2.37. The molecule has 0 radical (unpaired) electrons. The van der Waals surface area contributed by atoms with Crippen LogP contribution in [0.1, 0.15) is 27.2 Å². The van der Waals surface area contributed by atoms with Crippen molar-refractivity contribution in [1.82, 2.24) is 5.32 Å². The van der Waals surface area contributed by atoms with Gasteiger partial charge >= 0.3 is 0 Å². The van der Waals surface area contributed by atoms with E-state index in [1.807, 2.05) is 0 Å². The first-order valence-corrected chi connectivity index (χ1v) is 7.38. The summed E-state index contributed by atoms with van der Waals surface area (Å²) in [6, 6.07) is 5.66. The third-order valence-electron chi connectivity index (χ3n) is 4.26. The van der Waals surface area contributed by atoms with Gasteiger partial charge in [-0.1, -0.05) is 31.5 Å². The minimum absolute atomic E-state index is 0.228. The maximum Gasteiger partial charge on any atom is 0.148 e. The van der Waals surface area contributed by atoms with Gasteiger partial charge in [-0.05, 0) is 37.9 Å². The summed E-state index contributed by atoms with van der Waals surface area (Å²) < 4.78 is 14.0. The predicted molar refractivity (Wildman–Crippen MR) is 79.5 cm³/mol. The van der Waals surface area contributed by atoms with E-state index in [-0.39, 0.29) is 11.9 Å². The van der Waals surface area contributed by atoms with Crippen LogP contribution in [0.2, 0.25) is 5.02 Å². The highest BCUT2D eigenvalue weighted by Crippen LogP contribution is 2.35. The molecule has 1 aliphatic rings. The fraction of sp³-hybridized carbons (Fsp3) is 0.600. The van der Waals surface area contributed by atoms with Crippen LogP contribution in [0.4, 0.5) is 10.1 Å². The molecule has 1 saturated heterocycles. The number of hydrogen-bond acceptors (Lipinski definition) is 2. The second-order valence-electron chi connectivity index (χ2n) is 5.32. The fourth-order valence-electron chi connectivity index (χ4n) is 2.99. The van der Waals surface area contributed by atoms with Crippen LogP contribution in [0.5, 0.6) is 0 Å². The van der Waals surface area contributed by atoms with Gasteiger partial charge in [-0.25, -0.2) is 4.39 Å². The summed E-state index contributed by atoms with van der Waals surface area (Å²) in [4.78, 5) is 2.11. The maximum absolute atomic E-state index is 14.0. The molecule has 3 atom stereocenters. The molecule has 1 aromatic carbocycles. The summed E-state index contributed by atoms with van der Waals surface area (Å²) in [5.41, 5.74) is 0.554. The van der Waals surface area contributed by atoms with Gasteiger partial charge < -0.3 is 10.2 Å². The molecule has 2 rings (SSSR count). The number of benzene rings is 1. The first-order valence-electron chi connectivity index (χ1n) is 7.00. The molecule has 1 fully saturated rings. The minimum atomic E-state index is -0.228. The molecule has 106 valence electrons.